The monoisotopic (exact) mass is 445 g/mol. The fourth-order valence-corrected chi connectivity index (χ4v) is 4.31. The molecule has 2 aliphatic heterocycles. The van der Waals surface area contributed by atoms with Gasteiger partial charge in [0, 0.05) is 64.6 Å². The van der Waals surface area contributed by atoms with Crippen molar-refractivity contribution in [3.8, 4) is 0 Å². The van der Waals surface area contributed by atoms with Gasteiger partial charge in [0.2, 0.25) is 0 Å². The molecule has 0 aliphatic carbocycles. The first-order chi connectivity index (χ1) is 15.5. The predicted molar refractivity (Wildman–Crippen MR) is 132 cm³/mol. The number of nitrogens with one attached hydrogen (secondary N) is 2. The molecule has 180 valence electrons. The second-order valence-electron chi connectivity index (χ2n) is 9.32. The van der Waals surface area contributed by atoms with Gasteiger partial charge in [-0.25, -0.2) is 9.98 Å². The molecule has 32 heavy (non-hydrogen) atoms. The highest BCUT2D eigenvalue weighted by atomic mass is 16.5. The lowest BCUT2D eigenvalue weighted by molar-refractivity contribution is 0.0132. The van der Waals surface area contributed by atoms with Crippen molar-refractivity contribution in [1.29, 1.82) is 0 Å². The number of ether oxygens (including phenoxy) is 1. The number of aliphatic imine (C=N–C) groups is 1. The van der Waals surface area contributed by atoms with Crippen LogP contribution in [0.25, 0.3) is 0 Å². The maximum Gasteiger partial charge on any atom is 0.191 e. The molecule has 3 rings (SSSR count). The lowest BCUT2D eigenvalue weighted by atomic mass is 10.0. The summed E-state index contributed by atoms with van der Waals surface area (Å²) in [6, 6.07) is 4.78. The molecule has 0 saturated carbocycles. The molecule has 8 nitrogen and oxygen atoms in total. The quantitative estimate of drug-likeness (QED) is 0.442. The van der Waals surface area contributed by atoms with Gasteiger partial charge in [-0.1, -0.05) is 19.9 Å². The summed E-state index contributed by atoms with van der Waals surface area (Å²) in [4.78, 5) is 16.8. The molecule has 2 saturated heterocycles. The van der Waals surface area contributed by atoms with Crippen molar-refractivity contribution in [2.24, 2.45) is 10.9 Å². The van der Waals surface area contributed by atoms with Crippen LogP contribution in [0.15, 0.2) is 23.3 Å². The van der Waals surface area contributed by atoms with E-state index < -0.39 is 0 Å². The van der Waals surface area contributed by atoms with E-state index >= 15 is 0 Å². The molecule has 1 atom stereocenters. The SMILES string of the molecule is CCNC(=NCc1ccc(N2CCN(C)CC2)nc1)NCC(CC(C)C)N1CCOCC1. The van der Waals surface area contributed by atoms with Crippen molar-refractivity contribution in [3.05, 3.63) is 23.9 Å². The zero-order chi connectivity index (χ0) is 22.8. The minimum absolute atomic E-state index is 0.493. The van der Waals surface area contributed by atoms with Crippen molar-refractivity contribution < 1.29 is 4.74 Å². The van der Waals surface area contributed by atoms with Crippen LogP contribution in [0.3, 0.4) is 0 Å². The van der Waals surface area contributed by atoms with Crippen LogP contribution in [0.2, 0.25) is 0 Å². The molecule has 2 aliphatic rings. The van der Waals surface area contributed by atoms with E-state index in [1.54, 1.807) is 0 Å². The standard InChI is InChI=1S/C24H43N7O/c1-5-25-24(28-19-22(16-20(2)3)30-12-14-32-15-13-30)27-18-21-6-7-23(26-17-21)31-10-8-29(4)9-11-31/h6-7,17,20,22H,5,8-16,18-19H2,1-4H3,(H2,25,27,28). The Bertz CT molecular complexity index is 680. The van der Waals surface area contributed by atoms with Crippen LogP contribution in [0.4, 0.5) is 5.82 Å². The maximum atomic E-state index is 5.55. The lowest BCUT2D eigenvalue weighted by Gasteiger charge is -2.35. The number of piperazine rings is 1. The topological polar surface area (TPSA) is 68.3 Å². The smallest absolute Gasteiger partial charge is 0.191 e. The molecule has 1 aromatic heterocycles. The number of hydrogen-bond donors (Lipinski definition) is 2. The average molecular weight is 446 g/mol. The molecule has 0 spiro atoms. The first-order valence-corrected chi connectivity index (χ1v) is 12.3. The highest BCUT2D eigenvalue weighted by Gasteiger charge is 2.22. The molecule has 0 bridgehead atoms. The summed E-state index contributed by atoms with van der Waals surface area (Å²) in [6.45, 7) is 17.0. The molecule has 3 heterocycles. The van der Waals surface area contributed by atoms with Crippen molar-refractivity contribution in [1.82, 2.24) is 25.4 Å². The molecule has 2 N–H and O–H groups in total. The summed E-state index contributed by atoms with van der Waals surface area (Å²) in [5.74, 6) is 2.60. The van der Waals surface area contributed by atoms with Gasteiger partial charge in [-0.2, -0.15) is 0 Å². The molecule has 0 amide bonds. The highest BCUT2D eigenvalue weighted by molar-refractivity contribution is 5.79. The Morgan fingerprint density at radius 2 is 1.84 bits per heavy atom. The Hall–Kier alpha value is -1.90. The zero-order valence-corrected chi connectivity index (χ0v) is 20.5. The van der Waals surface area contributed by atoms with Crippen LogP contribution in [-0.4, -0.2) is 99.4 Å². The average Bonchev–Trinajstić information content (AvgIpc) is 2.81. The fraction of sp³-hybridized carbons (Fsp3) is 0.750. The number of guanidine groups is 1. The van der Waals surface area contributed by atoms with Crippen LogP contribution in [0, 0.1) is 5.92 Å². The van der Waals surface area contributed by atoms with Crippen LogP contribution in [-0.2, 0) is 11.3 Å². The fourth-order valence-electron chi connectivity index (χ4n) is 4.31. The number of pyridine rings is 1. The van der Waals surface area contributed by atoms with Gasteiger partial charge in [-0.05, 0) is 37.9 Å². The summed E-state index contributed by atoms with van der Waals surface area (Å²) < 4.78 is 5.55. The number of rotatable bonds is 9. The Balaban J connectivity index is 1.55. The second kappa shape index (κ2) is 13.0. The Kier molecular flexibility index (Phi) is 10.0. The number of nitrogens with zero attached hydrogens (tertiary/aromatic N) is 5. The zero-order valence-electron chi connectivity index (χ0n) is 20.5. The molecule has 1 unspecified atom stereocenters. The lowest BCUT2D eigenvalue weighted by Crippen LogP contribution is -2.51. The first kappa shape index (κ1) is 24.7. The third-order valence-electron chi connectivity index (χ3n) is 6.21. The molecule has 8 heteroatoms. The van der Waals surface area contributed by atoms with Crippen LogP contribution >= 0.6 is 0 Å². The highest BCUT2D eigenvalue weighted by Crippen LogP contribution is 2.15. The molecule has 0 radical (unpaired) electrons. The molecule has 2 fully saturated rings. The van der Waals surface area contributed by atoms with E-state index in [0.29, 0.717) is 18.5 Å². The van der Waals surface area contributed by atoms with Crippen LogP contribution < -0.4 is 15.5 Å². The largest absolute Gasteiger partial charge is 0.379 e. The van der Waals surface area contributed by atoms with Gasteiger partial charge in [-0.3, -0.25) is 4.90 Å². The van der Waals surface area contributed by atoms with Gasteiger partial charge < -0.3 is 25.2 Å². The summed E-state index contributed by atoms with van der Waals surface area (Å²) in [5, 5.41) is 6.98. The molecule has 0 aromatic carbocycles. The number of hydrogen-bond acceptors (Lipinski definition) is 6. The maximum absolute atomic E-state index is 5.55. The van der Waals surface area contributed by atoms with E-state index in [-0.39, 0.29) is 0 Å². The number of aromatic nitrogens is 1. The van der Waals surface area contributed by atoms with E-state index in [1.807, 2.05) is 6.20 Å². The van der Waals surface area contributed by atoms with Gasteiger partial charge in [0.15, 0.2) is 5.96 Å². The van der Waals surface area contributed by atoms with E-state index in [2.05, 4.69) is 65.3 Å². The van der Waals surface area contributed by atoms with Crippen molar-refractivity contribution in [3.63, 3.8) is 0 Å². The summed E-state index contributed by atoms with van der Waals surface area (Å²) in [6.07, 6.45) is 3.14. The predicted octanol–water partition coefficient (Wildman–Crippen LogP) is 1.64. The van der Waals surface area contributed by atoms with Gasteiger partial charge in [0.25, 0.3) is 0 Å². The van der Waals surface area contributed by atoms with E-state index in [1.165, 1.54) is 6.42 Å². The van der Waals surface area contributed by atoms with E-state index in [0.717, 1.165) is 82.9 Å². The Morgan fingerprint density at radius 1 is 1.09 bits per heavy atom. The van der Waals surface area contributed by atoms with Gasteiger partial charge in [0.05, 0.1) is 19.8 Å². The summed E-state index contributed by atoms with van der Waals surface area (Å²) in [7, 11) is 2.17. The Morgan fingerprint density at radius 3 is 2.47 bits per heavy atom. The van der Waals surface area contributed by atoms with E-state index in [9.17, 15) is 0 Å². The van der Waals surface area contributed by atoms with Crippen molar-refractivity contribution in [2.75, 3.05) is 77.5 Å². The number of likely N-dealkylation sites (N-methyl/N-ethyl adjacent to an activating group) is 1. The summed E-state index contributed by atoms with van der Waals surface area (Å²) in [5.41, 5.74) is 1.13. The molecule has 1 aromatic rings. The van der Waals surface area contributed by atoms with Gasteiger partial charge >= 0.3 is 0 Å². The minimum Gasteiger partial charge on any atom is -0.379 e. The first-order valence-electron chi connectivity index (χ1n) is 12.3. The van der Waals surface area contributed by atoms with Crippen LogP contribution in [0.1, 0.15) is 32.8 Å². The Labute approximate surface area is 194 Å². The normalized spacial score (nSPS) is 19.9. The molecular formula is C24H43N7O. The second-order valence-corrected chi connectivity index (χ2v) is 9.32. The number of morpholine rings is 1. The third kappa shape index (κ3) is 7.90. The van der Waals surface area contributed by atoms with Gasteiger partial charge in [0.1, 0.15) is 5.82 Å². The third-order valence-corrected chi connectivity index (χ3v) is 6.21. The van der Waals surface area contributed by atoms with Crippen LogP contribution in [0.5, 0.6) is 0 Å². The molecular weight excluding hydrogens is 402 g/mol. The summed E-state index contributed by atoms with van der Waals surface area (Å²) >= 11 is 0. The van der Waals surface area contributed by atoms with Crippen molar-refractivity contribution in [2.45, 2.75) is 39.8 Å². The van der Waals surface area contributed by atoms with Gasteiger partial charge in [-0.15, -0.1) is 0 Å². The minimum atomic E-state index is 0.493. The van der Waals surface area contributed by atoms with E-state index in [4.69, 9.17) is 14.7 Å². The number of anilines is 1. The van der Waals surface area contributed by atoms with Crippen molar-refractivity contribution >= 4 is 11.8 Å².